The average molecular weight is 112 g/mol. The van der Waals surface area contributed by atoms with Crippen LogP contribution in [0.1, 0.15) is 12.8 Å². The van der Waals surface area contributed by atoms with Gasteiger partial charge in [-0.25, -0.2) is 0 Å². The lowest BCUT2D eigenvalue weighted by molar-refractivity contribution is 0.780. The monoisotopic (exact) mass is 112 g/mol. The van der Waals surface area contributed by atoms with Gasteiger partial charge in [0.05, 0.1) is 6.34 Å². The summed E-state index contributed by atoms with van der Waals surface area (Å²) < 4.78 is 0. The molecule has 1 aliphatic rings. The molecule has 0 unspecified atom stereocenters. The van der Waals surface area contributed by atoms with Gasteiger partial charge in [-0.2, -0.15) is 0 Å². The molecule has 2 heteroatoms. The van der Waals surface area contributed by atoms with Crippen molar-refractivity contribution in [3.8, 4) is 0 Å². The van der Waals surface area contributed by atoms with Gasteiger partial charge in [-0.3, -0.25) is 4.99 Å². The minimum absolute atomic E-state index is 0.952. The van der Waals surface area contributed by atoms with E-state index in [0.717, 1.165) is 12.5 Å². The number of rotatable bonds is 3. The fraction of sp³-hybridized carbons (Fsp3) is 0.833. The molecular formula is C6H12N2. The van der Waals surface area contributed by atoms with Crippen LogP contribution in [0.5, 0.6) is 0 Å². The maximum atomic E-state index is 3.80. The van der Waals surface area contributed by atoms with Crippen LogP contribution in [-0.2, 0) is 0 Å². The first-order chi connectivity index (χ1) is 3.93. The Kier molecular flexibility index (Phi) is 1.89. The first-order valence-corrected chi connectivity index (χ1v) is 3.07. The first kappa shape index (κ1) is 5.60. The second-order valence-electron chi connectivity index (χ2n) is 2.24. The standard InChI is InChI=1S/C6H12N2/c1-7-5-8-4-6-2-3-6/h5-6H,2-4H2,1H3,(H,7,8). The molecule has 2 nitrogen and oxygen atoms in total. The van der Waals surface area contributed by atoms with Crippen LogP contribution >= 0.6 is 0 Å². The van der Waals surface area contributed by atoms with E-state index in [0.29, 0.717) is 0 Å². The molecule has 0 radical (unpaired) electrons. The van der Waals surface area contributed by atoms with E-state index in [2.05, 4.69) is 10.3 Å². The van der Waals surface area contributed by atoms with Crippen molar-refractivity contribution < 1.29 is 0 Å². The van der Waals surface area contributed by atoms with Crippen LogP contribution in [0.2, 0.25) is 0 Å². The SMILES string of the molecule is CN=CNCC1CC1. The van der Waals surface area contributed by atoms with E-state index >= 15 is 0 Å². The third-order valence-electron chi connectivity index (χ3n) is 1.32. The minimum atomic E-state index is 0.952. The van der Waals surface area contributed by atoms with Crippen molar-refractivity contribution in [3.05, 3.63) is 0 Å². The molecule has 1 rings (SSSR count). The maximum Gasteiger partial charge on any atom is 0.0820 e. The molecule has 1 aliphatic carbocycles. The Morgan fingerprint density at radius 3 is 3.00 bits per heavy atom. The van der Waals surface area contributed by atoms with Crippen LogP contribution in [-0.4, -0.2) is 19.9 Å². The van der Waals surface area contributed by atoms with Crippen molar-refractivity contribution in [1.82, 2.24) is 5.32 Å². The summed E-state index contributed by atoms with van der Waals surface area (Å²) >= 11 is 0. The number of aliphatic imine (C=N–C) groups is 1. The third kappa shape index (κ3) is 1.96. The number of nitrogens with zero attached hydrogens (tertiary/aromatic N) is 1. The van der Waals surface area contributed by atoms with E-state index in [9.17, 15) is 0 Å². The van der Waals surface area contributed by atoms with Crippen molar-refractivity contribution in [1.29, 1.82) is 0 Å². The largest absolute Gasteiger partial charge is 0.376 e. The Morgan fingerprint density at radius 1 is 1.75 bits per heavy atom. The summed E-state index contributed by atoms with van der Waals surface area (Å²) in [5, 5.41) is 3.11. The summed E-state index contributed by atoms with van der Waals surface area (Å²) in [6, 6.07) is 0. The lowest BCUT2D eigenvalue weighted by Gasteiger charge is -1.92. The zero-order chi connectivity index (χ0) is 5.82. The fourth-order valence-electron chi connectivity index (χ4n) is 0.633. The van der Waals surface area contributed by atoms with Crippen molar-refractivity contribution in [2.24, 2.45) is 10.9 Å². The van der Waals surface area contributed by atoms with Gasteiger partial charge in [0.2, 0.25) is 0 Å². The molecule has 46 valence electrons. The quantitative estimate of drug-likeness (QED) is 0.420. The molecule has 1 fully saturated rings. The minimum Gasteiger partial charge on any atom is -0.376 e. The van der Waals surface area contributed by atoms with Crippen molar-refractivity contribution in [2.45, 2.75) is 12.8 Å². The highest BCUT2D eigenvalue weighted by molar-refractivity contribution is 5.53. The van der Waals surface area contributed by atoms with Crippen LogP contribution in [0.25, 0.3) is 0 Å². The Labute approximate surface area is 50.0 Å². The maximum absolute atomic E-state index is 3.80. The highest BCUT2D eigenvalue weighted by Crippen LogP contribution is 2.27. The number of hydrogen-bond acceptors (Lipinski definition) is 1. The molecule has 0 atom stereocenters. The molecule has 0 aromatic heterocycles. The molecule has 0 aromatic carbocycles. The topological polar surface area (TPSA) is 24.4 Å². The van der Waals surface area contributed by atoms with E-state index in [4.69, 9.17) is 0 Å². The van der Waals surface area contributed by atoms with Gasteiger partial charge in [0.1, 0.15) is 0 Å². The lowest BCUT2D eigenvalue weighted by Crippen LogP contribution is -2.13. The van der Waals surface area contributed by atoms with E-state index < -0.39 is 0 Å². The van der Waals surface area contributed by atoms with E-state index in [-0.39, 0.29) is 0 Å². The van der Waals surface area contributed by atoms with Crippen LogP contribution in [0.4, 0.5) is 0 Å². The molecule has 8 heavy (non-hydrogen) atoms. The molecule has 0 bridgehead atoms. The van der Waals surface area contributed by atoms with Crippen LogP contribution in [0.15, 0.2) is 4.99 Å². The van der Waals surface area contributed by atoms with Gasteiger partial charge in [0.15, 0.2) is 0 Å². The van der Waals surface area contributed by atoms with Gasteiger partial charge in [0.25, 0.3) is 0 Å². The van der Waals surface area contributed by atoms with Gasteiger partial charge >= 0.3 is 0 Å². The molecule has 0 aromatic rings. The highest BCUT2D eigenvalue weighted by Gasteiger charge is 2.19. The van der Waals surface area contributed by atoms with Gasteiger partial charge in [-0.15, -0.1) is 0 Å². The Bertz CT molecular complexity index is 84.5. The molecule has 0 spiro atoms. The fourth-order valence-corrected chi connectivity index (χ4v) is 0.633. The summed E-state index contributed by atoms with van der Waals surface area (Å²) in [4.78, 5) is 3.80. The normalized spacial score (nSPS) is 19.6. The van der Waals surface area contributed by atoms with Gasteiger partial charge in [-0.1, -0.05) is 0 Å². The predicted molar refractivity (Wildman–Crippen MR) is 35.1 cm³/mol. The summed E-state index contributed by atoms with van der Waals surface area (Å²) in [7, 11) is 1.78. The van der Waals surface area contributed by atoms with Gasteiger partial charge < -0.3 is 5.32 Å². The summed E-state index contributed by atoms with van der Waals surface area (Å²) in [6.07, 6.45) is 4.58. The molecule has 0 amide bonds. The van der Waals surface area contributed by atoms with E-state index in [1.807, 2.05) is 0 Å². The molecule has 1 saturated carbocycles. The summed E-state index contributed by atoms with van der Waals surface area (Å²) in [6.45, 7) is 1.12. The van der Waals surface area contributed by atoms with Crippen molar-refractivity contribution in [3.63, 3.8) is 0 Å². The predicted octanol–water partition coefficient (Wildman–Crippen LogP) is 0.644. The Morgan fingerprint density at radius 2 is 2.50 bits per heavy atom. The molecule has 1 N–H and O–H groups in total. The average Bonchev–Trinajstić information content (AvgIpc) is 2.51. The first-order valence-electron chi connectivity index (χ1n) is 3.07. The Hall–Kier alpha value is -0.530. The van der Waals surface area contributed by atoms with Gasteiger partial charge in [-0.05, 0) is 18.8 Å². The molecule has 0 heterocycles. The van der Waals surface area contributed by atoms with E-state index in [1.165, 1.54) is 12.8 Å². The zero-order valence-electron chi connectivity index (χ0n) is 5.22. The zero-order valence-corrected chi connectivity index (χ0v) is 5.22. The molecule has 0 saturated heterocycles. The second-order valence-corrected chi connectivity index (χ2v) is 2.24. The smallest absolute Gasteiger partial charge is 0.0820 e. The van der Waals surface area contributed by atoms with E-state index in [1.54, 1.807) is 13.4 Å². The van der Waals surface area contributed by atoms with Crippen LogP contribution in [0, 0.1) is 5.92 Å². The van der Waals surface area contributed by atoms with Gasteiger partial charge in [0, 0.05) is 13.6 Å². The van der Waals surface area contributed by atoms with Crippen molar-refractivity contribution in [2.75, 3.05) is 13.6 Å². The lowest BCUT2D eigenvalue weighted by atomic mass is 10.4. The molecular weight excluding hydrogens is 100 g/mol. The Balaban J connectivity index is 1.88. The van der Waals surface area contributed by atoms with Crippen LogP contribution < -0.4 is 5.32 Å². The van der Waals surface area contributed by atoms with Crippen LogP contribution in [0.3, 0.4) is 0 Å². The summed E-state index contributed by atoms with van der Waals surface area (Å²) in [5.74, 6) is 0.952. The number of hydrogen-bond donors (Lipinski definition) is 1. The number of nitrogens with one attached hydrogen (secondary N) is 1. The summed E-state index contributed by atoms with van der Waals surface area (Å²) in [5.41, 5.74) is 0. The second kappa shape index (κ2) is 2.70. The van der Waals surface area contributed by atoms with Crippen molar-refractivity contribution >= 4 is 6.34 Å². The third-order valence-corrected chi connectivity index (χ3v) is 1.32. The molecule has 0 aliphatic heterocycles. The highest BCUT2D eigenvalue weighted by atomic mass is 14.9.